The molecule has 1 fully saturated rings. The number of nitrogen functional groups attached to an aromatic ring is 1. The summed E-state index contributed by atoms with van der Waals surface area (Å²) in [5.74, 6) is -2.91. The van der Waals surface area contributed by atoms with E-state index in [1.165, 1.54) is 6.20 Å². The smallest absolute Gasteiger partial charge is 0.327 e. The van der Waals surface area contributed by atoms with Crippen molar-refractivity contribution in [1.82, 2.24) is 14.9 Å². The highest BCUT2D eigenvalue weighted by Crippen LogP contribution is 2.34. The molecule has 0 aliphatic carbocycles. The van der Waals surface area contributed by atoms with Gasteiger partial charge in [-0.15, -0.1) is 0 Å². The van der Waals surface area contributed by atoms with E-state index in [0.717, 1.165) is 21.2 Å². The van der Waals surface area contributed by atoms with Gasteiger partial charge in [0.25, 0.3) is 0 Å². The van der Waals surface area contributed by atoms with Gasteiger partial charge in [-0.2, -0.15) is 0 Å². The number of anilines is 1. The molecule has 0 bridgehead atoms. The zero-order chi connectivity index (χ0) is 22.1. The summed E-state index contributed by atoms with van der Waals surface area (Å²) in [7, 11) is 0. The maximum Gasteiger partial charge on any atom is 0.327 e. The summed E-state index contributed by atoms with van der Waals surface area (Å²) in [6.07, 6.45) is 5.18. The summed E-state index contributed by atoms with van der Waals surface area (Å²) in [6, 6.07) is 9.82. The zero-order valence-electron chi connectivity index (χ0n) is 16.9. The number of rotatable bonds is 6. The standard InChI is InChI=1S/C23H22N4O4/c1-13(18-12-25-11-15-4-2-3-5-16(15)18)8-20(28)27-21(23(30)31)17(22(27)29)9-14-6-7-26-19(24)10-14/h2-7,10-13,17,21H,8-9H2,1H3,(H2,24,26)(H,30,31)/t13?,17-,21+/m1/s1. The first-order chi connectivity index (χ1) is 14.9. The lowest BCUT2D eigenvalue weighted by atomic mass is 9.81. The van der Waals surface area contributed by atoms with Gasteiger partial charge in [0.1, 0.15) is 11.9 Å². The number of carboxylic acid groups (broad SMARTS) is 1. The summed E-state index contributed by atoms with van der Waals surface area (Å²) < 4.78 is 0. The fourth-order valence-corrected chi connectivity index (χ4v) is 4.19. The Hall–Kier alpha value is -3.81. The molecule has 0 radical (unpaired) electrons. The molecular weight excluding hydrogens is 396 g/mol. The third-order valence-electron chi connectivity index (χ3n) is 5.75. The average molecular weight is 418 g/mol. The SMILES string of the molecule is CC(CC(=O)N1C(=O)[C@H](Cc2ccnc(N)c2)[C@H]1C(=O)O)c1cncc2ccccc12. The molecule has 2 aromatic heterocycles. The van der Waals surface area contributed by atoms with Crippen LogP contribution in [0.4, 0.5) is 5.82 Å². The van der Waals surface area contributed by atoms with Crippen LogP contribution in [0.15, 0.2) is 55.0 Å². The first kappa shape index (κ1) is 20.5. The molecule has 0 saturated carbocycles. The van der Waals surface area contributed by atoms with Crippen molar-refractivity contribution in [3.63, 3.8) is 0 Å². The van der Waals surface area contributed by atoms with E-state index in [1.807, 2.05) is 31.2 Å². The number of aromatic nitrogens is 2. The Morgan fingerprint density at radius 2 is 2.00 bits per heavy atom. The number of carboxylic acids is 1. The Kier molecular flexibility index (Phi) is 5.37. The van der Waals surface area contributed by atoms with Crippen molar-refractivity contribution in [2.24, 2.45) is 5.92 Å². The van der Waals surface area contributed by atoms with Crippen LogP contribution in [-0.2, 0) is 20.8 Å². The Labute approximate surface area is 178 Å². The van der Waals surface area contributed by atoms with Gasteiger partial charge in [0.15, 0.2) is 0 Å². The summed E-state index contributed by atoms with van der Waals surface area (Å²) >= 11 is 0. The second-order valence-electron chi connectivity index (χ2n) is 7.84. The first-order valence-corrected chi connectivity index (χ1v) is 9.98. The highest BCUT2D eigenvalue weighted by molar-refractivity contribution is 6.08. The Morgan fingerprint density at radius 1 is 1.23 bits per heavy atom. The Balaban J connectivity index is 1.51. The first-order valence-electron chi connectivity index (χ1n) is 9.98. The molecular formula is C23H22N4O4. The third kappa shape index (κ3) is 3.84. The number of amides is 2. The third-order valence-corrected chi connectivity index (χ3v) is 5.75. The van der Waals surface area contributed by atoms with Crippen LogP contribution in [0, 0.1) is 5.92 Å². The van der Waals surface area contributed by atoms with Gasteiger partial charge in [-0.05, 0) is 41.0 Å². The van der Waals surface area contributed by atoms with E-state index in [0.29, 0.717) is 11.4 Å². The van der Waals surface area contributed by atoms with Crippen LogP contribution < -0.4 is 5.73 Å². The molecule has 1 aromatic carbocycles. The number of nitrogens with two attached hydrogens (primary N) is 1. The predicted octanol–water partition coefficient (Wildman–Crippen LogP) is 2.39. The second-order valence-corrected chi connectivity index (χ2v) is 7.84. The number of carbonyl (C=O) groups excluding carboxylic acids is 2. The molecule has 3 N–H and O–H groups in total. The number of likely N-dealkylation sites (tertiary alicyclic amines) is 1. The number of hydrogen-bond acceptors (Lipinski definition) is 6. The van der Waals surface area contributed by atoms with E-state index in [-0.39, 0.29) is 18.8 Å². The van der Waals surface area contributed by atoms with Crippen molar-refractivity contribution in [2.45, 2.75) is 31.7 Å². The van der Waals surface area contributed by atoms with E-state index in [2.05, 4.69) is 9.97 Å². The van der Waals surface area contributed by atoms with Crippen LogP contribution in [0.25, 0.3) is 10.8 Å². The molecule has 2 amide bonds. The minimum atomic E-state index is -1.19. The molecule has 158 valence electrons. The van der Waals surface area contributed by atoms with Gasteiger partial charge in [-0.3, -0.25) is 19.5 Å². The molecule has 3 heterocycles. The normalized spacial score (nSPS) is 19.1. The minimum Gasteiger partial charge on any atom is -0.480 e. The number of carbonyl (C=O) groups is 3. The Bertz CT molecular complexity index is 1170. The van der Waals surface area contributed by atoms with Crippen LogP contribution in [0.3, 0.4) is 0 Å². The average Bonchev–Trinajstić information content (AvgIpc) is 2.74. The molecule has 8 nitrogen and oxygen atoms in total. The lowest BCUT2D eigenvalue weighted by Crippen LogP contribution is -2.66. The molecule has 0 spiro atoms. The van der Waals surface area contributed by atoms with Crippen molar-refractivity contribution in [3.8, 4) is 0 Å². The van der Waals surface area contributed by atoms with Gasteiger partial charge in [-0.25, -0.2) is 9.78 Å². The van der Waals surface area contributed by atoms with Gasteiger partial charge in [-0.1, -0.05) is 31.2 Å². The number of β-lactam (4-membered cyclic amide) rings is 1. The van der Waals surface area contributed by atoms with Gasteiger partial charge in [0.05, 0.1) is 5.92 Å². The van der Waals surface area contributed by atoms with Crippen LogP contribution in [-0.4, -0.2) is 43.8 Å². The van der Waals surface area contributed by atoms with Gasteiger partial charge < -0.3 is 10.8 Å². The van der Waals surface area contributed by atoms with Gasteiger partial charge in [0, 0.05) is 30.4 Å². The monoisotopic (exact) mass is 418 g/mol. The molecule has 1 aliphatic rings. The van der Waals surface area contributed by atoms with E-state index >= 15 is 0 Å². The van der Waals surface area contributed by atoms with Gasteiger partial charge in [0.2, 0.25) is 11.8 Å². The summed E-state index contributed by atoms with van der Waals surface area (Å²) in [5, 5.41) is 11.6. The zero-order valence-corrected chi connectivity index (χ0v) is 16.9. The van der Waals surface area contributed by atoms with Crippen molar-refractivity contribution < 1.29 is 19.5 Å². The number of hydrogen-bond donors (Lipinski definition) is 2. The molecule has 4 rings (SSSR count). The molecule has 1 saturated heterocycles. The molecule has 3 atom stereocenters. The largest absolute Gasteiger partial charge is 0.480 e. The number of imide groups is 1. The van der Waals surface area contributed by atoms with Crippen molar-refractivity contribution >= 4 is 34.4 Å². The lowest BCUT2D eigenvalue weighted by Gasteiger charge is -2.43. The molecule has 3 aromatic rings. The van der Waals surface area contributed by atoms with E-state index in [4.69, 9.17) is 5.73 Å². The van der Waals surface area contributed by atoms with Crippen molar-refractivity contribution in [1.29, 1.82) is 0 Å². The van der Waals surface area contributed by atoms with Crippen molar-refractivity contribution in [2.75, 3.05) is 5.73 Å². The number of fused-ring (bicyclic) bond motifs is 1. The quantitative estimate of drug-likeness (QED) is 0.589. The van der Waals surface area contributed by atoms with Crippen LogP contribution >= 0.6 is 0 Å². The van der Waals surface area contributed by atoms with Crippen LogP contribution in [0.2, 0.25) is 0 Å². The Morgan fingerprint density at radius 3 is 2.74 bits per heavy atom. The van der Waals surface area contributed by atoms with E-state index in [9.17, 15) is 19.5 Å². The second kappa shape index (κ2) is 8.14. The van der Waals surface area contributed by atoms with E-state index < -0.39 is 29.7 Å². The summed E-state index contributed by atoms with van der Waals surface area (Å²) in [6.45, 7) is 1.87. The lowest BCUT2D eigenvalue weighted by molar-refractivity contribution is -0.177. The fourth-order valence-electron chi connectivity index (χ4n) is 4.19. The number of pyridine rings is 2. The van der Waals surface area contributed by atoms with Gasteiger partial charge >= 0.3 is 5.97 Å². The fraction of sp³-hybridized carbons (Fsp3) is 0.261. The highest BCUT2D eigenvalue weighted by Gasteiger charge is 2.54. The maximum absolute atomic E-state index is 12.9. The van der Waals surface area contributed by atoms with Crippen LogP contribution in [0.5, 0.6) is 0 Å². The molecule has 1 unspecified atom stereocenters. The molecule has 31 heavy (non-hydrogen) atoms. The number of benzene rings is 1. The minimum absolute atomic E-state index is 0.0140. The maximum atomic E-state index is 12.9. The van der Waals surface area contributed by atoms with Crippen molar-refractivity contribution in [3.05, 3.63) is 66.1 Å². The van der Waals surface area contributed by atoms with Crippen LogP contribution in [0.1, 0.15) is 30.4 Å². The number of aliphatic carboxylic acids is 1. The topological polar surface area (TPSA) is 126 Å². The highest BCUT2D eigenvalue weighted by atomic mass is 16.4. The summed E-state index contributed by atoms with van der Waals surface area (Å²) in [4.78, 5) is 46.5. The molecule has 8 heteroatoms. The summed E-state index contributed by atoms with van der Waals surface area (Å²) in [5.41, 5.74) is 7.26. The number of nitrogens with zero attached hydrogens (tertiary/aromatic N) is 3. The molecule has 1 aliphatic heterocycles. The van der Waals surface area contributed by atoms with E-state index in [1.54, 1.807) is 24.5 Å². The predicted molar refractivity (Wildman–Crippen MR) is 114 cm³/mol.